The normalized spacial score (nSPS) is 11.5. The zero-order chi connectivity index (χ0) is 16.1. The van der Waals surface area contributed by atoms with E-state index in [1.54, 1.807) is 30.3 Å². The van der Waals surface area contributed by atoms with E-state index in [0.29, 0.717) is 12.4 Å². The van der Waals surface area contributed by atoms with Crippen LogP contribution in [0.1, 0.15) is 0 Å². The zero-order valence-corrected chi connectivity index (χ0v) is 13.0. The van der Waals surface area contributed by atoms with Crippen LogP contribution in [-0.2, 0) is 16.6 Å². The SMILES string of the molecule is O=S(=O)(NCCn1nnc(-c2ccccc2)n1)c1ccccc1. The molecule has 8 heteroatoms. The first-order chi connectivity index (χ1) is 11.1. The van der Waals surface area contributed by atoms with Crippen molar-refractivity contribution in [2.24, 2.45) is 0 Å². The molecule has 0 spiro atoms. The van der Waals surface area contributed by atoms with Crippen molar-refractivity contribution in [1.29, 1.82) is 0 Å². The van der Waals surface area contributed by atoms with E-state index in [0.717, 1.165) is 5.56 Å². The van der Waals surface area contributed by atoms with Crippen LogP contribution in [0.4, 0.5) is 0 Å². The molecule has 0 unspecified atom stereocenters. The van der Waals surface area contributed by atoms with E-state index >= 15 is 0 Å². The molecule has 118 valence electrons. The Bertz CT molecular complexity index is 863. The Kier molecular flexibility index (Phi) is 4.45. The van der Waals surface area contributed by atoms with Crippen LogP contribution in [0.15, 0.2) is 65.6 Å². The van der Waals surface area contributed by atoms with Crippen LogP contribution in [0.5, 0.6) is 0 Å². The van der Waals surface area contributed by atoms with Gasteiger partial charge in [-0.05, 0) is 17.3 Å². The Balaban J connectivity index is 1.61. The molecule has 3 aromatic rings. The van der Waals surface area contributed by atoms with E-state index < -0.39 is 10.0 Å². The number of nitrogens with zero attached hydrogens (tertiary/aromatic N) is 4. The van der Waals surface area contributed by atoms with E-state index in [4.69, 9.17) is 0 Å². The highest BCUT2D eigenvalue weighted by Crippen LogP contribution is 2.11. The van der Waals surface area contributed by atoms with Gasteiger partial charge in [-0.15, -0.1) is 10.2 Å². The van der Waals surface area contributed by atoms with Gasteiger partial charge >= 0.3 is 0 Å². The maximum absolute atomic E-state index is 12.1. The lowest BCUT2D eigenvalue weighted by atomic mass is 10.2. The average molecular weight is 329 g/mol. The summed E-state index contributed by atoms with van der Waals surface area (Å²) in [4.78, 5) is 1.60. The predicted octanol–water partition coefficient (Wildman–Crippen LogP) is 1.32. The molecule has 3 rings (SSSR count). The summed E-state index contributed by atoms with van der Waals surface area (Å²) in [6.07, 6.45) is 0. The van der Waals surface area contributed by atoms with Crippen LogP contribution in [0.2, 0.25) is 0 Å². The fraction of sp³-hybridized carbons (Fsp3) is 0.133. The third kappa shape index (κ3) is 3.79. The van der Waals surface area contributed by atoms with Gasteiger partial charge in [0.1, 0.15) is 0 Å². The second-order valence-electron chi connectivity index (χ2n) is 4.79. The van der Waals surface area contributed by atoms with Crippen LogP contribution >= 0.6 is 0 Å². The second kappa shape index (κ2) is 6.67. The van der Waals surface area contributed by atoms with Gasteiger partial charge in [-0.1, -0.05) is 48.5 Å². The molecular weight excluding hydrogens is 314 g/mol. The summed E-state index contributed by atoms with van der Waals surface area (Å²) in [7, 11) is -3.52. The third-order valence-corrected chi connectivity index (χ3v) is 4.62. The minimum atomic E-state index is -3.52. The van der Waals surface area contributed by atoms with Gasteiger partial charge in [0.2, 0.25) is 15.8 Å². The van der Waals surface area contributed by atoms with Gasteiger partial charge in [0.05, 0.1) is 11.4 Å². The van der Waals surface area contributed by atoms with Crippen LogP contribution in [0, 0.1) is 0 Å². The Morgan fingerprint density at radius 1 is 0.957 bits per heavy atom. The summed E-state index contributed by atoms with van der Waals surface area (Å²) in [6.45, 7) is 0.480. The summed E-state index contributed by atoms with van der Waals surface area (Å²) in [5.74, 6) is 0.511. The predicted molar refractivity (Wildman–Crippen MR) is 84.9 cm³/mol. The van der Waals surface area contributed by atoms with Crippen LogP contribution in [0.3, 0.4) is 0 Å². The zero-order valence-electron chi connectivity index (χ0n) is 12.2. The molecule has 0 radical (unpaired) electrons. The van der Waals surface area contributed by atoms with Crippen molar-refractivity contribution in [1.82, 2.24) is 24.9 Å². The molecule has 0 fully saturated rings. The molecule has 7 nitrogen and oxygen atoms in total. The van der Waals surface area contributed by atoms with Gasteiger partial charge in [-0.3, -0.25) is 0 Å². The monoisotopic (exact) mass is 329 g/mol. The number of nitrogens with one attached hydrogen (secondary N) is 1. The Morgan fingerprint density at radius 2 is 1.61 bits per heavy atom. The molecule has 0 saturated heterocycles. The highest BCUT2D eigenvalue weighted by atomic mass is 32.2. The molecular formula is C15H15N5O2S. The highest BCUT2D eigenvalue weighted by Gasteiger charge is 2.13. The summed E-state index contributed by atoms with van der Waals surface area (Å²) in [5, 5.41) is 12.1. The minimum absolute atomic E-state index is 0.182. The van der Waals surface area contributed by atoms with Gasteiger partial charge in [0, 0.05) is 12.1 Å². The fourth-order valence-electron chi connectivity index (χ4n) is 2.00. The Labute approximate surface area is 134 Å². The van der Waals surface area contributed by atoms with Gasteiger partial charge in [0.25, 0.3) is 0 Å². The number of benzene rings is 2. The molecule has 0 aliphatic rings. The summed E-state index contributed by atoms with van der Waals surface area (Å²) in [6, 6.07) is 17.7. The topological polar surface area (TPSA) is 89.8 Å². The second-order valence-corrected chi connectivity index (χ2v) is 6.55. The van der Waals surface area contributed by atoms with Crippen molar-refractivity contribution in [2.45, 2.75) is 11.4 Å². The molecule has 0 aliphatic heterocycles. The maximum atomic E-state index is 12.1. The molecule has 1 N–H and O–H groups in total. The first-order valence-electron chi connectivity index (χ1n) is 7.03. The number of tetrazole rings is 1. The lowest BCUT2D eigenvalue weighted by molar-refractivity contribution is 0.511. The Morgan fingerprint density at radius 3 is 2.30 bits per heavy atom. The Hall–Kier alpha value is -2.58. The minimum Gasteiger partial charge on any atom is -0.209 e. The van der Waals surface area contributed by atoms with Crippen molar-refractivity contribution in [3.8, 4) is 11.4 Å². The molecule has 0 bridgehead atoms. The lowest BCUT2D eigenvalue weighted by Crippen LogP contribution is -2.28. The van der Waals surface area contributed by atoms with Gasteiger partial charge < -0.3 is 0 Å². The molecule has 2 aromatic carbocycles. The molecule has 1 heterocycles. The van der Waals surface area contributed by atoms with E-state index in [1.807, 2.05) is 30.3 Å². The first-order valence-corrected chi connectivity index (χ1v) is 8.51. The number of sulfonamides is 1. The lowest BCUT2D eigenvalue weighted by Gasteiger charge is -2.05. The molecule has 23 heavy (non-hydrogen) atoms. The van der Waals surface area contributed by atoms with Crippen molar-refractivity contribution in [3.05, 3.63) is 60.7 Å². The molecule has 0 aliphatic carbocycles. The van der Waals surface area contributed by atoms with Gasteiger partial charge in [-0.2, -0.15) is 4.80 Å². The highest BCUT2D eigenvalue weighted by molar-refractivity contribution is 7.89. The van der Waals surface area contributed by atoms with Crippen LogP contribution in [-0.4, -0.2) is 35.2 Å². The number of aromatic nitrogens is 4. The van der Waals surface area contributed by atoms with Crippen molar-refractivity contribution in [2.75, 3.05) is 6.54 Å². The van der Waals surface area contributed by atoms with Gasteiger partial charge in [-0.25, -0.2) is 13.1 Å². The van der Waals surface area contributed by atoms with E-state index in [9.17, 15) is 8.42 Å². The smallest absolute Gasteiger partial charge is 0.209 e. The fourth-order valence-corrected chi connectivity index (χ4v) is 3.05. The van der Waals surface area contributed by atoms with E-state index in [2.05, 4.69) is 20.1 Å². The summed E-state index contributed by atoms with van der Waals surface area (Å²) < 4.78 is 26.7. The first kappa shape index (κ1) is 15.3. The molecule has 0 atom stereocenters. The number of hydrogen-bond donors (Lipinski definition) is 1. The van der Waals surface area contributed by atoms with Crippen LogP contribution < -0.4 is 4.72 Å². The third-order valence-electron chi connectivity index (χ3n) is 3.14. The largest absolute Gasteiger partial charge is 0.240 e. The molecule has 1 aromatic heterocycles. The molecule has 0 saturated carbocycles. The average Bonchev–Trinajstić information content (AvgIpc) is 3.05. The number of hydrogen-bond acceptors (Lipinski definition) is 5. The molecule has 0 amide bonds. The quantitative estimate of drug-likeness (QED) is 0.736. The summed E-state index contributed by atoms with van der Waals surface area (Å²) in [5.41, 5.74) is 0.864. The van der Waals surface area contributed by atoms with Crippen molar-refractivity contribution < 1.29 is 8.42 Å². The standard InChI is InChI=1S/C15H15N5O2S/c21-23(22,14-9-5-2-6-10-14)16-11-12-20-18-15(17-19-20)13-7-3-1-4-8-13/h1-10,16H,11-12H2. The van der Waals surface area contributed by atoms with Crippen molar-refractivity contribution in [3.63, 3.8) is 0 Å². The maximum Gasteiger partial charge on any atom is 0.240 e. The summed E-state index contributed by atoms with van der Waals surface area (Å²) >= 11 is 0. The van der Waals surface area contributed by atoms with Crippen molar-refractivity contribution >= 4 is 10.0 Å². The van der Waals surface area contributed by atoms with E-state index in [1.165, 1.54) is 4.80 Å². The number of rotatable bonds is 6. The van der Waals surface area contributed by atoms with E-state index in [-0.39, 0.29) is 11.4 Å². The van der Waals surface area contributed by atoms with Crippen LogP contribution in [0.25, 0.3) is 11.4 Å². The van der Waals surface area contributed by atoms with Gasteiger partial charge in [0.15, 0.2) is 0 Å².